The van der Waals surface area contributed by atoms with Crippen LogP contribution in [-0.4, -0.2) is 59.4 Å². The number of fused-ring (bicyclic) bond motifs is 2. The van der Waals surface area contributed by atoms with Crippen LogP contribution in [0, 0.1) is 13.8 Å². The minimum atomic E-state index is 0.232. The summed E-state index contributed by atoms with van der Waals surface area (Å²) < 4.78 is 5.80. The van der Waals surface area contributed by atoms with Gasteiger partial charge in [0.25, 0.3) is 0 Å². The zero-order valence-electron chi connectivity index (χ0n) is 21.7. The first kappa shape index (κ1) is 23.6. The lowest BCUT2D eigenvalue weighted by molar-refractivity contribution is -0.132. The first-order chi connectivity index (χ1) is 16.7. The van der Waals surface area contributed by atoms with Gasteiger partial charge < -0.3 is 19.2 Å². The van der Waals surface area contributed by atoms with E-state index in [9.17, 15) is 4.79 Å². The summed E-state index contributed by atoms with van der Waals surface area (Å²) in [5.74, 6) is 1.78. The third kappa shape index (κ3) is 4.47. The van der Waals surface area contributed by atoms with E-state index < -0.39 is 0 Å². The van der Waals surface area contributed by atoms with E-state index in [1.165, 1.54) is 27.7 Å². The molecule has 1 aliphatic rings. The molecule has 4 aromatic rings. The molecule has 1 aliphatic heterocycles. The largest absolute Gasteiger partial charge is 0.441 e. The molecule has 1 N–H and O–H groups in total. The van der Waals surface area contributed by atoms with Crippen LogP contribution in [0.2, 0.25) is 0 Å². The maximum atomic E-state index is 12.5. The zero-order valence-corrected chi connectivity index (χ0v) is 21.7. The van der Waals surface area contributed by atoms with Crippen molar-refractivity contribution >= 4 is 27.9 Å². The van der Waals surface area contributed by atoms with Crippen LogP contribution in [-0.2, 0) is 4.79 Å². The number of hydrogen-bond donors (Lipinski definition) is 1. The number of amides is 1. The molecular formula is C29H36N4O2. The predicted octanol–water partition coefficient (Wildman–Crippen LogP) is 5.98. The molecule has 6 nitrogen and oxygen atoms in total. The molecule has 35 heavy (non-hydrogen) atoms. The van der Waals surface area contributed by atoms with Gasteiger partial charge in [0.15, 0.2) is 11.5 Å². The van der Waals surface area contributed by atoms with Crippen LogP contribution in [0.25, 0.3) is 33.3 Å². The highest BCUT2D eigenvalue weighted by atomic mass is 16.3. The molecule has 0 bridgehead atoms. The number of H-pyrrole nitrogens is 1. The van der Waals surface area contributed by atoms with Gasteiger partial charge in [-0.1, -0.05) is 19.9 Å². The summed E-state index contributed by atoms with van der Waals surface area (Å²) >= 11 is 0. The number of carbonyl (C=O) groups is 1. The molecule has 0 radical (unpaired) electrons. The van der Waals surface area contributed by atoms with Gasteiger partial charge in [0.05, 0.1) is 12.2 Å². The van der Waals surface area contributed by atoms with E-state index in [1.54, 1.807) is 0 Å². The lowest BCUT2D eigenvalue weighted by Gasteiger charge is -2.33. The summed E-state index contributed by atoms with van der Waals surface area (Å²) in [4.78, 5) is 24.7. The van der Waals surface area contributed by atoms with E-state index in [1.807, 2.05) is 30.8 Å². The van der Waals surface area contributed by atoms with Crippen molar-refractivity contribution in [3.8, 4) is 11.3 Å². The van der Waals surface area contributed by atoms with Gasteiger partial charge in [-0.05, 0) is 86.7 Å². The van der Waals surface area contributed by atoms with Crippen molar-refractivity contribution in [3.63, 3.8) is 0 Å². The maximum Gasteiger partial charge on any atom is 0.236 e. The summed E-state index contributed by atoms with van der Waals surface area (Å²) in [5, 5.41) is 1.30. The number of hydrogen-bond acceptors (Lipinski definition) is 4. The molecule has 6 heteroatoms. The smallest absolute Gasteiger partial charge is 0.236 e. The van der Waals surface area contributed by atoms with Crippen molar-refractivity contribution in [3.05, 3.63) is 52.9 Å². The van der Waals surface area contributed by atoms with E-state index >= 15 is 0 Å². The average Bonchev–Trinajstić information content (AvgIpc) is 3.38. The van der Waals surface area contributed by atoms with Crippen molar-refractivity contribution in [2.75, 3.05) is 33.7 Å². The highest BCUT2D eigenvalue weighted by Gasteiger charge is 2.25. The fraction of sp³-hybridized carbons (Fsp3) is 0.448. The number of likely N-dealkylation sites (tertiary alicyclic amines) is 1. The fourth-order valence-corrected chi connectivity index (χ4v) is 5.60. The van der Waals surface area contributed by atoms with E-state index in [0.717, 1.165) is 48.2 Å². The third-order valence-electron chi connectivity index (χ3n) is 7.28. The lowest BCUT2D eigenvalue weighted by Crippen LogP contribution is -2.42. The molecular weight excluding hydrogens is 436 g/mol. The molecule has 1 fully saturated rings. The van der Waals surface area contributed by atoms with Crippen molar-refractivity contribution in [1.29, 1.82) is 0 Å². The zero-order chi connectivity index (χ0) is 24.9. The van der Waals surface area contributed by atoms with Crippen molar-refractivity contribution in [2.24, 2.45) is 0 Å². The Morgan fingerprint density at radius 3 is 2.60 bits per heavy atom. The minimum absolute atomic E-state index is 0.232. The number of nitrogens with one attached hydrogen (secondary N) is 1. The fourth-order valence-electron chi connectivity index (χ4n) is 5.60. The Morgan fingerprint density at radius 2 is 1.91 bits per heavy atom. The van der Waals surface area contributed by atoms with Crippen LogP contribution < -0.4 is 0 Å². The number of oxazole rings is 1. The molecule has 3 heterocycles. The SMILES string of the molecule is Cc1nc2cc(-c3[nH]c4ccc(C5CCN(C(=O)CN(C)C)CC5)cc4c3C(C)C)cc(C)c2o1. The molecule has 0 spiro atoms. The third-order valence-corrected chi connectivity index (χ3v) is 7.28. The monoisotopic (exact) mass is 472 g/mol. The van der Waals surface area contributed by atoms with Gasteiger partial charge in [0, 0.05) is 36.5 Å². The Labute approximate surface area is 207 Å². The van der Waals surface area contributed by atoms with E-state index in [-0.39, 0.29) is 5.91 Å². The lowest BCUT2D eigenvalue weighted by atomic mass is 9.87. The van der Waals surface area contributed by atoms with Gasteiger partial charge >= 0.3 is 0 Å². The predicted molar refractivity (Wildman–Crippen MR) is 142 cm³/mol. The second-order valence-corrected chi connectivity index (χ2v) is 10.6. The Hall–Kier alpha value is -3.12. The summed E-state index contributed by atoms with van der Waals surface area (Å²) in [6.45, 7) is 10.7. The summed E-state index contributed by atoms with van der Waals surface area (Å²) in [5.41, 5.74) is 9.08. The Kier molecular flexibility index (Phi) is 6.18. The van der Waals surface area contributed by atoms with Gasteiger partial charge in [-0.25, -0.2) is 4.98 Å². The van der Waals surface area contributed by atoms with Gasteiger partial charge in [0.2, 0.25) is 5.91 Å². The van der Waals surface area contributed by atoms with Crippen molar-refractivity contribution in [2.45, 2.75) is 52.4 Å². The number of piperidine rings is 1. The number of rotatable bonds is 5. The number of aryl methyl sites for hydroxylation is 2. The van der Waals surface area contributed by atoms with Crippen LogP contribution in [0.4, 0.5) is 0 Å². The second kappa shape index (κ2) is 9.15. The average molecular weight is 473 g/mol. The number of likely N-dealkylation sites (N-methyl/N-ethyl adjacent to an activating group) is 1. The molecule has 0 aliphatic carbocycles. The van der Waals surface area contributed by atoms with Gasteiger partial charge in [0.1, 0.15) is 5.52 Å². The van der Waals surface area contributed by atoms with Crippen LogP contribution in [0.5, 0.6) is 0 Å². The summed E-state index contributed by atoms with van der Waals surface area (Å²) in [7, 11) is 3.90. The van der Waals surface area contributed by atoms with E-state index in [4.69, 9.17) is 4.42 Å². The minimum Gasteiger partial charge on any atom is -0.441 e. The standard InChI is InChI=1S/C29H36N4O2/c1-17(2)27-23-14-21(20-9-11-33(12-10-20)26(34)16-32(5)6)7-8-24(23)31-28(27)22-13-18(3)29-25(15-22)30-19(4)35-29/h7-8,13-15,17,20,31H,9-12,16H2,1-6H3. The number of nitrogens with zero attached hydrogens (tertiary/aromatic N) is 3. The van der Waals surface area contributed by atoms with Crippen LogP contribution in [0.3, 0.4) is 0 Å². The maximum absolute atomic E-state index is 12.5. The first-order valence-electron chi connectivity index (χ1n) is 12.7. The first-order valence-corrected chi connectivity index (χ1v) is 12.7. The highest BCUT2D eigenvalue weighted by Crippen LogP contribution is 2.39. The highest BCUT2D eigenvalue weighted by molar-refractivity contribution is 5.94. The Balaban J connectivity index is 1.48. The number of aromatic nitrogens is 2. The van der Waals surface area contributed by atoms with Gasteiger partial charge in [-0.2, -0.15) is 0 Å². The molecule has 1 amide bonds. The molecule has 2 aromatic carbocycles. The second-order valence-electron chi connectivity index (χ2n) is 10.6. The van der Waals surface area contributed by atoms with Gasteiger partial charge in [-0.3, -0.25) is 4.79 Å². The number of aromatic amines is 1. The molecule has 5 rings (SSSR count). The number of carbonyl (C=O) groups excluding carboxylic acids is 1. The molecule has 184 valence electrons. The number of benzene rings is 2. The molecule has 1 saturated heterocycles. The van der Waals surface area contributed by atoms with E-state index in [2.05, 4.69) is 61.1 Å². The van der Waals surface area contributed by atoms with Crippen LogP contribution >= 0.6 is 0 Å². The topological polar surface area (TPSA) is 65.4 Å². The van der Waals surface area contributed by atoms with E-state index in [0.29, 0.717) is 24.3 Å². The molecule has 0 unspecified atom stereocenters. The normalized spacial score (nSPS) is 15.3. The molecule has 0 atom stereocenters. The van der Waals surface area contributed by atoms with Gasteiger partial charge in [-0.15, -0.1) is 0 Å². The molecule has 0 saturated carbocycles. The van der Waals surface area contributed by atoms with Crippen molar-refractivity contribution < 1.29 is 9.21 Å². The van der Waals surface area contributed by atoms with Crippen LogP contribution in [0.15, 0.2) is 34.7 Å². The summed E-state index contributed by atoms with van der Waals surface area (Å²) in [6, 6.07) is 11.2. The van der Waals surface area contributed by atoms with Crippen LogP contribution in [0.1, 0.15) is 61.1 Å². The Bertz CT molecular complexity index is 1390. The molecule has 2 aromatic heterocycles. The summed E-state index contributed by atoms with van der Waals surface area (Å²) in [6.07, 6.45) is 2.03. The van der Waals surface area contributed by atoms with Crippen molar-refractivity contribution in [1.82, 2.24) is 19.8 Å². The Morgan fingerprint density at radius 1 is 1.17 bits per heavy atom. The quantitative estimate of drug-likeness (QED) is 0.388.